The average Bonchev–Trinajstić information content (AvgIpc) is 2.77. The van der Waals surface area contributed by atoms with Crippen LogP contribution in [-0.4, -0.2) is 18.2 Å². The Labute approximate surface area is 132 Å². The molecule has 8 heteroatoms. The zero-order valence-corrected chi connectivity index (χ0v) is 14.2. The lowest BCUT2D eigenvalue weighted by atomic mass is 10.2. The van der Waals surface area contributed by atoms with Crippen LogP contribution < -0.4 is 10.5 Å². The number of benzene rings is 1. The highest BCUT2D eigenvalue weighted by Crippen LogP contribution is 2.28. The third-order valence-electron chi connectivity index (χ3n) is 2.93. The molecular formula is C13H17BrN4O2S. The van der Waals surface area contributed by atoms with E-state index in [9.17, 15) is 8.42 Å². The number of aromatic nitrogens is 2. The molecule has 0 fully saturated rings. The first-order valence-corrected chi connectivity index (χ1v) is 8.73. The minimum atomic E-state index is -3.77. The summed E-state index contributed by atoms with van der Waals surface area (Å²) in [4.78, 5) is -0.00986. The monoisotopic (exact) mass is 372 g/mol. The number of sulfonamides is 1. The Morgan fingerprint density at radius 2 is 2.14 bits per heavy atom. The predicted octanol–water partition coefficient (Wildman–Crippen LogP) is 2.75. The van der Waals surface area contributed by atoms with Gasteiger partial charge in [0.05, 0.1) is 5.69 Å². The molecule has 1 aromatic heterocycles. The predicted molar refractivity (Wildman–Crippen MR) is 86.6 cm³/mol. The molecule has 1 heterocycles. The summed E-state index contributed by atoms with van der Waals surface area (Å²) in [5.74, 6) is -0.000254. The van der Waals surface area contributed by atoms with E-state index in [-0.39, 0.29) is 10.7 Å². The maximum Gasteiger partial charge on any atom is 0.267 e. The van der Waals surface area contributed by atoms with E-state index in [0.29, 0.717) is 16.7 Å². The third kappa shape index (κ3) is 3.38. The van der Waals surface area contributed by atoms with Gasteiger partial charge in [0.1, 0.15) is 4.90 Å². The van der Waals surface area contributed by atoms with Crippen molar-refractivity contribution in [3.05, 3.63) is 34.4 Å². The van der Waals surface area contributed by atoms with E-state index < -0.39 is 10.0 Å². The molecule has 2 aromatic rings. The molecule has 0 aliphatic carbocycles. The first-order valence-electron chi connectivity index (χ1n) is 6.46. The van der Waals surface area contributed by atoms with Gasteiger partial charge in [0.15, 0.2) is 5.82 Å². The molecule has 3 N–H and O–H groups in total. The number of aryl methyl sites for hydroxylation is 2. The summed E-state index contributed by atoms with van der Waals surface area (Å²) in [5.41, 5.74) is 7.12. The Kier molecular flexibility index (Phi) is 4.58. The van der Waals surface area contributed by atoms with Gasteiger partial charge < -0.3 is 5.73 Å². The molecule has 2 rings (SSSR count). The van der Waals surface area contributed by atoms with Crippen molar-refractivity contribution in [1.82, 2.24) is 9.78 Å². The lowest BCUT2D eigenvalue weighted by molar-refractivity contribution is 0.595. The quantitative estimate of drug-likeness (QED) is 0.843. The normalized spacial score (nSPS) is 11.6. The van der Waals surface area contributed by atoms with Gasteiger partial charge >= 0.3 is 0 Å². The van der Waals surface area contributed by atoms with E-state index in [1.54, 1.807) is 12.1 Å². The molecular weight excluding hydrogens is 356 g/mol. The van der Waals surface area contributed by atoms with E-state index in [2.05, 4.69) is 25.8 Å². The number of hydrogen-bond acceptors (Lipinski definition) is 4. The van der Waals surface area contributed by atoms with Crippen LogP contribution in [0.5, 0.6) is 0 Å². The molecule has 0 saturated carbocycles. The van der Waals surface area contributed by atoms with Crippen LogP contribution in [0.15, 0.2) is 33.8 Å². The maximum absolute atomic E-state index is 12.4. The second-order valence-electron chi connectivity index (χ2n) is 4.68. The molecule has 0 atom stereocenters. The first kappa shape index (κ1) is 15.8. The van der Waals surface area contributed by atoms with E-state index >= 15 is 0 Å². The molecule has 0 aliphatic heterocycles. The Morgan fingerprint density at radius 3 is 2.81 bits per heavy atom. The van der Waals surface area contributed by atoms with Gasteiger partial charge in [-0.1, -0.05) is 19.1 Å². The highest BCUT2D eigenvalue weighted by Gasteiger charge is 2.22. The van der Waals surface area contributed by atoms with Crippen molar-refractivity contribution in [2.45, 2.75) is 31.7 Å². The smallest absolute Gasteiger partial charge is 0.267 e. The highest BCUT2D eigenvalue weighted by atomic mass is 79.9. The van der Waals surface area contributed by atoms with Gasteiger partial charge in [0.25, 0.3) is 10.0 Å². The van der Waals surface area contributed by atoms with E-state index in [1.165, 1.54) is 10.9 Å². The average molecular weight is 373 g/mol. The second-order valence-corrected chi connectivity index (χ2v) is 7.13. The molecule has 0 bridgehead atoms. The molecule has 0 unspecified atom stereocenters. The number of anilines is 2. The van der Waals surface area contributed by atoms with Gasteiger partial charge in [-0.15, -0.1) is 0 Å². The van der Waals surface area contributed by atoms with Crippen LogP contribution in [0.4, 0.5) is 11.5 Å². The molecule has 0 aliphatic rings. The topological polar surface area (TPSA) is 90.0 Å². The van der Waals surface area contributed by atoms with Crippen molar-refractivity contribution in [1.29, 1.82) is 0 Å². The van der Waals surface area contributed by atoms with Crippen LogP contribution in [0.25, 0.3) is 0 Å². The second kappa shape index (κ2) is 6.07. The minimum absolute atomic E-state index is 0.000254. The zero-order valence-electron chi connectivity index (χ0n) is 11.8. The summed E-state index contributed by atoms with van der Waals surface area (Å²) in [6.45, 7) is 4.48. The van der Waals surface area contributed by atoms with Crippen LogP contribution in [-0.2, 0) is 16.6 Å². The molecule has 114 valence electrons. The summed E-state index contributed by atoms with van der Waals surface area (Å²) in [6, 6.07) is 5.35. The number of hydrogen-bond donors (Lipinski definition) is 2. The summed E-state index contributed by atoms with van der Waals surface area (Å²) in [5, 5.41) is 4.01. The van der Waals surface area contributed by atoms with E-state index in [1.807, 2.05) is 19.9 Å². The Hall–Kier alpha value is -1.54. The van der Waals surface area contributed by atoms with Crippen LogP contribution in [0.2, 0.25) is 0 Å². The molecule has 0 amide bonds. The lowest BCUT2D eigenvalue weighted by Crippen LogP contribution is -2.14. The van der Waals surface area contributed by atoms with Gasteiger partial charge in [-0.2, -0.15) is 5.10 Å². The fraction of sp³-hybridized carbons (Fsp3) is 0.308. The van der Waals surface area contributed by atoms with Gasteiger partial charge in [0.2, 0.25) is 0 Å². The maximum atomic E-state index is 12.4. The highest BCUT2D eigenvalue weighted by molar-refractivity contribution is 9.10. The third-order valence-corrected chi connectivity index (χ3v) is 5.37. The minimum Gasteiger partial charge on any atom is -0.381 e. The van der Waals surface area contributed by atoms with Gasteiger partial charge in [-0.25, -0.2) is 8.42 Å². The van der Waals surface area contributed by atoms with Crippen molar-refractivity contribution < 1.29 is 8.42 Å². The van der Waals surface area contributed by atoms with E-state index in [0.717, 1.165) is 12.0 Å². The van der Waals surface area contributed by atoms with Gasteiger partial charge in [-0.3, -0.25) is 9.40 Å². The standard InChI is InChI=1S/C13H17BrN4O2S/c1-3-7-18-8-11(13(15)16-18)21(19,20)17-10-6-4-5-9(2)12(10)14/h4-6,8,17H,3,7H2,1-2H3,(H2,15,16). The summed E-state index contributed by atoms with van der Waals surface area (Å²) in [6.07, 6.45) is 2.29. The Balaban J connectivity index is 2.36. The van der Waals surface area contributed by atoms with Crippen molar-refractivity contribution in [2.75, 3.05) is 10.5 Å². The Morgan fingerprint density at radius 1 is 1.43 bits per heavy atom. The fourth-order valence-corrected chi connectivity index (χ4v) is 3.54. The first-order chi connectivity index (χ1) is 9.85. The van der Waals surface area contributed by atoms with Crippen LogP contribution in [0.3, 0.4) is 0 Å². The molecule has 1 aromatic carbocycles. The molecule has 21 heavy (non-hydrogen) atoms. The van der Waals surface area contributed by atoms with Crippen molar-refractivity contribution in [2.24, 2.45) is 0 Å². The number of nitrogen functional groups attached to an aromatic ring is 1. The molecule has 6 nitrogen and oxygen atoms in total. The molecule has 0 spiro atoms. The van der Waals surface area contributed by atoms with Crippen molar-refractivity contribution in [3.63, 3.8) is 0 Å². The number of nitrogens with one attached hydrogen (secondary N) is 1. The van der Waals surface area contributed by atoms with E-state index in [4.69, 9.17) is 5.73 Å². The van der Waals surface area contributed by atoms with Crippen molar-refractivity contribution in [3.8, 4) is 0 Å². The summed E-state index contributed by atoms with van der Waals surface area (Å²) in [7, 11) is -3.77. The van der Waals surface area contributed by atoms with Crippen molar-refractivity contribution >= 4 is 37.5 Å². The number of rotatable bonds is 5. The number of halogens is 1. The van der Waals surface area contributed by atoms with Crippen LogP contribution >= 0.6 is 15.9 Å². The number of nitrogens with zero attached hydrogens (tertiary/aromatic N) is 2. The van der Waals surface area contributed by atoms with Crippen LogP contribution in [0, 0.1) is 6.92 Å². The lowest BCUT2D eigenvalue weighted by Gasteiger charge is -2.10. The van der Waals surface area contributed by atoms with Gasteiger partial charge in [0, 0.05) is 17.2 Å². The summed E-state index contributed by atoms with van der Waals surface area (Å²) < 4.78 is 29.6. The molecule has 0 radical (unpaired) electrons. The fourth-order valence-electron chi connectivity index (χ4n) is 1.89. The number of nitrogens with two attached hydrogens (primary N) is 1. The SMILES string of the molecule is CCCn1cc(S(=O)(=O)Nc2cccc(C)c2Br)c(N)n1. The Bertz CT molecular complexity index is 756. The largest absolute Gasteiger partial charge is 0.381 e. The summed E-state index contributed by atoms with van der Waals surface area (Å²) >= 11 is 3.37. The van der Waals surface area contributed by atoms with Gasteiger partial charge in [-0.05, 0) is 40.9 Å². The van der Waals surface area contributed by atoms with Crippen LogP contribution in [0.1, 0.15) is 18.9 Å². The zero-order chi connectivity index (χ0) is 15.6. The molecule has 0 saturated heterocycles.